The minimum Gasteiger partial charge on any atom is -0.118 e. The standard InChI is InChI=1S/C7H8BrCl/c1-5-2-6(8)4-7(9)3-5/h2-3,7H,4H2,1H3. The highest BCUT2D eigenvalue weighted by Gasteiger charge is 2.07. The van der Waals surface area contributed by atoms with E-state index in [0.29, 0.717) is 0 Å². The summed E-state index contributed by atoms with van der Waals surface area (Å²) in [6.07, 6.45) is 5.09. The summed E-state index contributed by atoms with van der Waals surface area (Å²) < 4.78 is 1.20. The van der Waals surface area contributed by atoms with E-state index in [1.165, 1.54) is 10.1 Å². The maximum absolute atomic E-state index is 5.86. The van der Waals surface area contributed by atoms with Crippen LogP contribution in [0.15, 0.2) is 22.2 Å². The Morgan fingerprint density at radius 3 is 2.89 bits per heavy atom. The van der Waals surface area contributed by atoms with E-state index in [-0.39, 0.29) is 5.38 Å². The van der Waals surface area contributed by atoms with Gasteiger partial charge in [-0.25, -0.2) is 0 Å². The molecule has 0 fully saturated rings. The van der Waals surface area contributed by atoms with Crippen molar-refractivity contribution in [2.75, 3.05) is 0 Å². The highest BCUT2D eigenvalue weighted by molar-refractivity contribution is 9.11. The molecule has 1 atom stereocenters. The van der Waals surface area contributed by atoms with Gasteiger partial charge in [-0.05, 0) is 23.9 Å². The second-order valence-electron chi connectivity index (χ2n) is 2.22. The molecule has 0 aromatic heterocycles. The summed E-state index contributed by atoms with van der Waals surface area (Å²) in [6.45, 7) is 2.05. The molecule has 0 aliphatic heterocycles. The first kappa shape index (κ1) is 7.36. The zero-order valence-corrected chi connectivity index (χ0v) is 7.54. The molecule has 0 spiro atoms. The summed E-state index contributed by atoms with van der Waals surface area (Å²) >= 11 is 9.26. The van der Waals surface area contributed by atoms with Crippen LogP contribution in [0.4, 0.5) is 0 Å². The Balaban J connectivity index is 2.74. The van der Waals surface area contributed by atoms with Crippen molar-refractivity contribution in [3.63, 3.8) is 0 Å². The lowest BCUT2D eigenvalue weighted by atomic mass is 10.1. The van der Waals surface area contributed by atoms with E-state index < -0.39 is 0 Å². The summed E-state index contributed by atoms with van der Waals surface area (Å²) in [7, 11) is 0. The van der Waals surface area contributed by atoms with E-state index in [1.54, 1.807) is 0 Å². The van der Waals surface area contributed by atoms with Gasteiger partial charge in [0.25, 0.3) is 0 Å². The van der Waals surface area contributed by atoms with Gasteiger partial charge in [-0.3, -0.25) is 0 Å². The molecule has 0 bridgehead atoms. The van der Waals surface area contributed by atoms with E-state index in [0.717, 1.165) is 6.42 Å². The molecule has 0 heterocycles. The third-order valence-electron chi connectivity index (χ3n) is 1.22. The lowest BCUT2D eigenvalue weighted by Crippen LogP contribution is -1.98. The highest BCUT2D eigenvalue weighted by atomic mass is 79.9. The smallest absolute Gasteiger partial charge is 0.0567 e. The third-order valence-corrected chi connectivity index (χ3v) is 2.05. The van der Waals surface area contributed by atoms with Gasteiger partial charge < -0.3 is 0 Å². The number of rotatable bonds is 0. The minimum atomic E-state index is 0.185. The van der Waals surface area contributed by atoms with Crippen molar-refractivity contribution in [2.45, 2.75) is 18.7 Å². The molecule has 0 saturated carbocycles. The maximum Gasteiger partial charge on any atom is 0.0567 e. The molecule has 0 saturated heterocycles. The van der Waals surface area contributed by atoms with Crippen LogP contribution < -0.4 is 0 Å². The van der Waals surface area contributed by atoms with Gasteiger partial charge in [-0.15, -0.1) is 11.6 Å². The predicted octanol–water partition coefficient (Wildman–Crippen LogP) is 3.22. The molecule has 0 N–H and O–H groups in total. The van der Waals surface area contributed by atoms with Crippen molar-refractivity contribution >= 4 is 27.5 Å². The molecule has 1 aliphatic carbocycles. The van der Waals surface area contributed by atoms with Gasteiger partial charge in [0, 0.05) is 0 Å². The average molecular weight is 207 g/mol. The van der Waals surface area contributed by atoms with Gasteiger partial charge in [0.1, 0.15) is 0 Å². The fraction of sp³-hybridized carbons (Fsp3) is 0.429. The molecule has 1 aliphatic rings. The zero-order valence-electron chi connectivity index (χ0n) is 5.20. The molecule has 50 valence electrons. The Morgan fingerprint density at radius 1 is 1.78 bits per heavy atom. The van der Waals surface area contributed by atoms with Crippen LogP contribution in [0, 0.1) is 0 Å². The molecule has 1 unspecified atom stereocenters. The van der Waals surface area contributed by atoms with Gasteiger partial charge in [0.05, 0.1) is 5.38 Å². The number of hydrogen-bond acceptors (Lipinski definition) is 0. The molecular weight excluding hydrogens is 199 g/mol. The first-order chi connectivity index (χ1) is 4.18. The summed E-state index contributed by atoms with van der Waals surface area (Å²) in [6, 6.07) is 0. The highest BCUT2D eigenvalue weighted by Crippen LogP contribution is 2.24. The van der Waals surface area contributed by atoms with Gasteiger partial charge in [0.2, 0.25) is 0 Å². The van der Waals surface area contributed by atoms with Crippen molar-refractivity contribution in [1.82, 2.24) is 0 Å². The van der Waals surface area contributed by atoms with Crippen molar-refractivity contribution in [3.8, 4) is 0 Å². The molecule has 0 amide bonds. The third kappa shape index (κ3) is 2.15. The first-order valence-corrected chi connectivity index (χ1v) is 4.10. The topological polar surface area (TPSA) is 0 Å². The van der Waals surface area contributed by atoms with Crippen LogP contribution in [-0.2, 0) is 0 Å². The Hall–Kier alpha value is 0.250. The number of halogens is 2. The lowest BCUT2D eigenvalue weighted by molar-refractivity contribution is 1.01. The van der Waals surface area contributed by atoms with Crippen molar-refractivity contribution in [2.24, 2.45) is 0 Å². The van der Waals surface area contributed by atoms with Gasteiger partial charge in [-0.1, -0.05) is 27.6 Å². The summed E-state index contributed by atoms with van der Waals surface area (Å²) in [5.74, 6) is 0. The molecular formula is C7H8BrCl. The van der Waals surface area contributed by atoms with Crippen LogP contribution in [0.5, 0.6) is 0 Å². The maximum atomic E-state index is 5.86. The molecule has 0 aromatic rings. The van der Waals surface area contributed by atoms with E-state index in [9.17, 15) is 0 Å². The predicted molar refractivity (Wildman–Crippen MR) is 45.0 cm³/mol. The first-order valence-electron chi connectivity index (χ1n) is 2.87. The number of hydrogen-bond donors (Lipinski definition) is 0. The molecule has 2 heteroatoms. The van der Waals surface area contributed by atoms with Gasteiger partial charge in [-0.2, -0.15) is 0 Å². The molecule has 0 aromatic carbocycles. The Labute approximate surface area is 68.7 Å². The SMILES string of the molecule is CC1=CC(Cl)CC(Br)=C1. The lowest BCUT2D eigenvalue weighted by Gasteiger charge is -2.09. The normalized spacial score (nSPS) is 27.2. The number of alkyl halides is 1. The molecule has 1 rings (SSSR count). The summed E-state index contributed by atoms with van der Waals surface area (Å²) in [4.78, 5) is 0. The van der Waals surface area contributed by atoms with E-state index >= 15 is 0 Å². The van der Waals surface area contributed by atoms with Crippen LogP contribution in [0.2, 0.25) is 0 Å². The number of allylic oxidation sites excluding steroid dienone is 4. The van der Waals surface area contributed by atoms with E-state index in [4.69, 9.17) is 11.6 Å². The van der Waals surface area contributed by atoms with Crippen molar-refractivity contribution in [1.29, 1.82) is 0 Å². The monoisotopic (exact) mass is 206 g/mol. The van der Waals surface area contributed by atoms with Crippen molar-refractivity contribution in [3.05, 3.63) is 22.2 Å². The Morgan fingerprint density at radius 2 is 2.44 bits per heavy atom. The quantitative estimate of drug-likeness (QED) is 0.535. The second kappa shape index (κ2) is 2.89. The molecule has 9 heavy (non-hydrogen) atoms. The molecule has 0 nitrogen and oxygen atoms in total. The fourth-order valence-corrected chi connectivity index (χ4v) is 2.15. The van der Waals surface area contributed by atoms with Crippen LogP contribution in [0.3, 0.4) is 0 Å². The summed E-state index contributed by atoms with van der Waals surface area (Å²) in [5, 5.41) is 0.185. The minimum absolute atomic E-state index is 0.185. The van der Waals surface area contributed by atoms with Crippen molar-refractivity contribution < 1.29 is 0 Å². The van der Waals surface area contributed by atoms with E-state index in [1.807, 2.05) is 0 Å². The Kier molecular flexibility index (Phi) is 2.36. The second-order valence-corrected chi connectivity index (χ2v) is 3.80. The van der Waals surface area contributed by atoms with E-state index in [2.05, 4.69) is 35.0 Å². The van der Waals surface area contributed by atoms with Crippen LogP contribution >= 0.6 is 27.5 Å². The zero-order chi connectivity index (χ0) is 6.85. The van der Waals surface area contributed by atoms with Gasteiger partial charge >= 0.3 is 0 Å². The van der Waals surface area contributed by atoms with Gasteiger partial charge in [0.15, 0.2) is 0 Å². The largest absolute Gasteiger partial charge is 0.118 e. The Bertz CT molecular complexity index is 170. The van der Waals surface area contributed by atoms with Crippen LogP contribution in [-0.4, -0.2) is 5.38 Å². The van der Waals surface area contributed by atoms with Crippen LogP contribution in [0.1, 0.15) is 13.3 Å². The summed E-state index contributed by atoms with van der Waals surface area (Å²) in [5.41, 5.74) is 1.24. The average Bonchev–Trinajstić information content (AvgIpc) is 1.59. The fourth-order valence-electron chi connectivity index (χ4n) is 0.885. The van der Waals surface area contributed by atoms with Crippen LogP contribution in [0.25, 0.3) is 0 Å². The molecule has 0 radical (unpaired) electrons.